The van der Waals surface area contributed by atoms with Gasteiger partial charge in [-0.25, -0.2) is 8.42 Å². The van der Waals surface area contributed by atoms with Gasteiger partial charge >= 0.3 is 0 Å². The third kappa shape index (κ3) is 3.31. The fourth-order valence-electron chi connectivity index (χ4n) is 2.22. The number of sulfonamides is 1. The average Bonchev–Trinajstić information content (AvgIpc) is 2.53. The normalized spacial score (nSPS) is 22.2. The number of nitrogens with zero attached hydrogens (tertiary/aromatic N) is 1. The van der Waals surface area contributed by atoms with Crippen molar-refractivity contribution >= 4 is 37.6 Å². The number of nitrogens with two attached hydrogens (primary N) is 1. The molecule has 0 spiro atoms. The molecule has 0 bridgehead atoms. The number of rotatable bonds is 2. The summed E-state index contributed by atoms with van der Waals surface area (Å²) in [4.78, 5) is 0.120. The van der Waals surface area contributed by atoms with E-state index in [0.717, 1.165) is 23.7 Å². The first-order chi connectivity index (χ1) is 8.93. The van der Waals surface area contributed by atoms with Crippen molar-refractivity contribution in [1.82, 2.24) is 4.31 Å². The molecule has 0 radical (unpaired) electrons. The van der Waals surface area contributed by atoms with Crippen LogP contribution in [0, 0.1) is 0 Å². The Hall–Kier alpha value is -0.140. The van der Waals surface area contributed by atoms with Crippen molar-refractivity contribution < 1.29 is 8.42 Å². The lowest BCUT2D eigenvalue weighted by Crippen LogP contribution is -2.45. The Morgan fingerprint density at radius 1 is 1.32 bits per heavy atom. The Kier molecular flexibility index (Phi) is 4.89. The van der Waals surface area contributed by atoms with Gasteiger partial charge in [0.1, 0.15) is 4.90 Å². The van der Waals surface area contributed by atoms with E-state index in [0.29, 0.717) is 13.0 Å². The molecule has 19 heavy (non-hydrogen) atoms. The van der Waals surface area contributed by atoms with E-state index in [9.17, 15) is 8.42 Å². The van der Waals surface area contributed by atoms with Crippen LogP contribution < -0.4 is 5.73 Å². The zero-order valence-corrected chi connectivity index (χ0v) is 13.5. The number of hydrogen-bond acceptors (Lipinski definition) is 3. The minimum absolute atomic E-state index is 0.120. The first-order valence-corrected chi connectivity index (χ1v) is 8.76. The number of hydrogen-bond donors (Lipinski definition) is 1. The predicted molar refractivity (Wildman–Crippen MR) is 79.5 cm³/mol. The van der Waals surface area contributed by atoms with Gasteiger partial charge in [0.05, 0.1) is 11.2 Å². The lowest BCUT2D eigenvalue weighted by atomic mass is 10.2. The van der Waals surface area contributed by atoms with Crippen molar-refractivity contribution in [2.24, 2.45) is 5.73 Å². The van der Waals surface area contributed by atoms with E-state index in [1.807, 2.05) is 0 Å². The van der Waals surface area contributed by atoms with Gasteiger partial charge in [-0.15, -0.1) is 0 Å². The summed E-state index contributed by atoms with van der Waals surface area (Å²) in [7, 11) is -3.63. The molecule has 2 rings (SSSR count). The summed E-state index contributed by atoms with van der Waals surface area (Å²) in [6, 6.07) is 4.76. The van der Waals surface area contributed by atoms with Crippen molar-refractivity contribution in [3.8, 4) is 0 Å². The molecule has 1 saturated heterocycles. The highest BCUT2D eigenvalue weighted by atomic mass is 79.9. The highest BCUT2D eigenvalue weighted by Crippen LogP contribution is 2.29. The summed E-state index contributed by atoms with van der Waals surface area (Å²) >= 11 is 9.31. The van der Waals surface area contributed by atoms with Crippen molar-refractivity contribution in [2.75, 3.05) is 6.54 Å². The maximum absolute atomic E-state index is 12.6. The second-order valence-corrected chi connectivity index (χ2v) is 7.79. The smallest absolute Gasteiger partial charge is 0.245 e. The second-order valence-electron chi connectivity index (χ2n) is 4.61. The molecule has 0 saturated carbocycles. The Morgan fingerprint density at radius 2 is 2.05 bits per heavy atom. The van der Waals surface area contributed by atoms with Gasteiger partial charge in [-0.2, -0.15) is 4.31 Å². The summed E-state index contributed by atoms with van der Waals surface area (Å²) in [5.74, 6) is 0. The first-order valence-electron chi connectivity index (χ1n) is 6.15. The van der Waals surface area contributed by atoms with Crippen LogP contribution in [0.3, 0.4) is 0 Å². The Bertz CT molecular complexity index is 565. The molecule has 1 heterocycles. The molecule has 1 aliphatic rings. The van der Waals surface area contributed by atoms with Crippen molar-refractivity contribution in [3.05, 3.63) is 27.7 Å². The Labute approximate surface area is 127 Å². The molecule has 0 aromatic heterocycles. The van der Waals surface area contributed by atoms with Crippen molar-refractivity contribution in [1.29, 1.82) is 0 Å². The topological polar surface area (TPSA) is 63.4 Å². The van der Waals surface area contributed by atoms with Crippen LogP contribution >= 0.6 is 27.5 Å². The van der Waals surface area contributed by atoms with Crippen LogP contribution in [-0.4, -0.2) is 25.4 Å². The molecule has 106 valence electrons. The van der Waals surface area contributed by atoms with Crippen LogP contribution in [0.15, 0.2) is 27.6 Å². The van der Waals surface area contributed by atoms with Crippen LogP contribution in [0.2, 0.25) is 5.02 Å². The molecule has 0 amide bonds. The predicted octanol–water partition coefficient (Wildman–Crippen LogP) is 2.95. The molecular formula is C12H16BrClN2O2S. The van der Waals surface area contributed by atoms with Crippen molar-refractivity contribution in [3.63, 3.8) is 0 Å². The summed E-state index contributed by atoms with van der Waals surface area (Å²) < 4.78 is 27.4. The van der Waals surface area contributed by atoms with Crippen LogP contribution in [0.25, 0.3) is 0 Å². The van der Waals surface area contributed by atoms with Crippen LogP contribution in [-0.2, 0) is 10.0 Å². The highest BCUT2D eigenvalue weighted by molar-refractivity contribution is 9.10. The Morgan fingerprint density at radius 3 is 2.74 bits per heavy atom. The summed E-state index contributed by atoms with van der Waals surface area (Å²) in [5.41, 5.74) is 5.98. The van der Waals surface area contributed by atoms with Crippen LogP contribution in [0.4, 0.5) is 0 Å². The maximum Gasteiger partial charge on any atom is 0.245 e. The lowest BCUT2D eigenvalue weighted by Gasteiger charge is -2.26. The first kappa shape index (κ1) is 15.3. The van der Waals surface area contributed by atoms with Crippen LogP contribution in [0.1, 0.15) is 25.7 Å². The van der Waals surface area contributed by atoms with E-state index in [4.69, 9.17) is 17.3 Å². The molecule has 0 aliphatic carbocycles. The zero-order chi connectivity index (χ0) is 14.0. The van der Waals surface area contributed by atoms with Crippen LogP contribution in [0.5, 0.6) is 0 Å². The van der Waals surface area contributed by atoms with Gasteiger partial charge in [0, 0.05) is 11.0 Å². The fraction of sp³-hybridized carbons (Fsp3) is 0.500. The van der Waals surface area contributed by atoms with Gasteiger partial charge < -0.3 is 5.73 Å². The lowest BCUT2D eigenvalue weighted by molar-refractivity contribution is 0.329. The molecule has 1 fully saturated rings. The summed E-state index contributed by atoms with van der Waals surface area (Å²) in [6.45, 7) is 0.454. The quantitative estimate of drug-likeness (QED) is 0.874. The summed E-state index contributed by atoms with van der Waals surface area (Å²) in [6.07, 6.45) is 3.02. The van der Waals surface area contributed by atoms with Gasteiger partial charge in [0.25, 0.3) is 0 Å². The van der Waals surface area contributed by atoms with E-state index in [1.54, 1.807) is 12.1 Å². The van der Waals surface area contributed by atoms with Gasteiger partial charge in [0.2, 0.25) is 10.0 Å². The van der Waals surface area contributed by atoms with Gasteiger partial charge in [-0.3, -0.25) is 0 Å². The molecule has 2 N–H and O–H groups in total. The summed E-state index contributed by atoms with van der Waals surface area (Å²) in [5, 5.41) is 0.214. The molecule has 4 nitrogen and oxygen atoms in total. The maximum atomic E-state index is 12.6. The molecule has 1 aromatic carbocycles. The zero-order valence-electron chi connectivity index (χ0n) is 10.4. The minimum atomic E-state index is -3.63. The molecule has 7 heteroatoms. The number of benzene rings is 1. The van der Waals surface area contributed by atoms with Gasteiger partial charge in [0.15, 0.2) is 0 Å². The third-order valence-electron chi connectivity index (χ3n) is 3.23. The van der Waals surface area contributed by atoms with E-state index in [1.165, 1.54) is 10.4 Å². The molecule has 1 aromatic rings. The largest absolute Gasteiger partial charge is 0.315 e. The molecule has 1 atom stereocenters. The van der Waals surface area contributed by atoms with E-state index < -0.39 is 16.2 Å². The molecule has 1 aliphatic heterocycles. The van der Waals surface area contributed by atoms with Gasteiger partial charge in [-0.1, -0.05) is 40.4 Å². The monoisotopic (exact) mass is 366 g/mol. The van der Waals surface area contributed by atoms with E-state index >= 15 is 0 Å². The van der Waals surface area contributed by atoms with Gasteiger partial charge in [-0.05, 0) is 31.0 Å². The average molecular weight is 368 g/mol. The van der Waals surface area contributed by atoms with Crippen molar-refractivity contribution in [2.45, 2.75) is 36.7 Å². The fourth-order valence-corrected chi connectivity index (χ4v) is 4.81. The second kappa shape index (κ2) is 6.10. The molecular weight excluding hydrogens is 352 g/mol. The number of halogens is 2. The third-order valence-corrected chi connectivity index (χ3v) is 6.13. The van der Waals surface area contributed by atoms with E-state index in [2.05, 4.69) is 15.9 Å². The highest BCUT2D eigenvalue weighted by Gasteiger charge is 2.31. The Balaban J connectivity index is 2.40. The standard InChI is InChI=1S/C12H16BrClN2O2S/c13-9-5-6-11(10(14)8-9)19(17,18)16-7-3-1-2-4-12(16)15/h5-6,8,12H,1-4,7,15H2. The molecule has 1 unspecified atom stereocenters. The minimum Gasteiger partial charge on any atom is -0.315 e. The SMILES string of the molecule is NC1CCCCCN1S(=O)(=O)c1ccc(Br)cc1Cl. The van der Waals surface area contributed by atoms with E-state index in [-0.39, 0.29) is 9.92 Å².